The van der Waals surface area contributed by atoms with Crippen molar-refractivity contribution >= 4 is 5.97 Å². The second kappa shape index (κ2) is 6.25. The Morgan fingerprint density at radius 2 is 2.00 bits per heavy atom. The van der Waals surface area contributed by atoms with Crippen LogP contribution < -0.4 is 4.74 Å². The number of nitrogens with zero attached hydrogens (tertiary/aromatic N) is 1. The average Bonchev–Trinajstić information content (AvgIpc) is 2.35. The van der Waals surface area contributed by atoms with Crippen molar-refractivity contribution in [1.82, 2.24) is 4.90 Å². The van der Waals surface area contributed by atoms with E-state index in [0.29, 0.717) is 6.54 Å². The summed E-state index contributed by atoms with van der Waals surface area (Å²) in [7, 11) is 3.56. The monoisotopic (exact) mass is 237 g/mol. The van der Waals surface area contributed by atoms with Crippen molar-refractivity contribution < 1.29 is 14.6 Å². The van der Waals surface area contributed by atoms with E-state index >= 15 is 0 Å². The first kappa shape index (κ1) is 13.5. The molecule has 0 aromatic heterocycles. The minimum absolute atomic E-state index is 0.164. The van der Waals surface area contributed by atoms with Crippen molar-refractivity contribution in [2.24, 2.45) is 0 Å². The van der Waals surface area contributed by atoms with Crippen molar-refractivity contribution in [3.8, 4) is 5.75 Å². The molecule has 0 spiro atoms. The molecule has 17 heavy (non-hydrogen) atoms. The van der Waals surface area contributed by atoms with Gasteiger partial charge in [0.1, 0.15) is 5.75 Å². The second-order valence-electron chi connectivity index (χ2n) is 4.07. The lowest BCUT2D eigenvalue weighted by Gasteiger charge is -2.24. The van der Waals surface area contributed by atoms with E-state index in [-0.39, 0.29) is 12.5 Å². The van der Waals surface area contributed by atoms with Crippen LogP contribution in [0.25, 0.3) is 0 Å². The van der Waals surface area contributed by atoms with Crippen molar-refractivity contribution in [2.45, 2.75) is 19.4 Å². The number of rotatable bonds is 6. The summed E-state index contributed by atoms with van der Waals surface area (Å²) in [5.74, 6) is 0.0629. The summed E-state index contributed by atoms with van der Waals surface area (Å²) in [4.78, 5) is 12.5. The summed E-state index contributed by atoms with van der Waals surface area (Å²) >= 11 is 0. The lowest BCUT2D eigenvalue weighted by atomic mass is 10.1. The highest BCUT2D eigenvalue weighted by Gasteiger charge is 2.12. The van der Waals surface area contributed by atoms with E-state index < -0.39 is 5.97 Å². The maximum atomic E-state index is 10.5. The lowest BCUT2D eigenvalue weighted by molar-refractivity contribution is -0.137. The Labute approximate surface area is 102 Å². The van der Waals surface area contributed by atoms with Crippen LogP contribution in [0.4, 0.5) is 0 Å². The summed E-state index contributed by atoms with van der Waals surface area (Å²) in [6.45, 7) is 2.60. The van der Waals surface area contributed by atoms with Crippen LogP contribution in [0.1, 0.15) is 24.9 Å². The summed E-state index contributed by atoms with van der Waals surface area (Å²) in [5, 5.41) is 8.64. The number of methoxy groups -OCH3 is 1. The molecular formula is C13H19NO3. The lowest BCUT2D eigenvalue weighted by Crippen LogP contribution is -2.25. The van der Waals surface area contributed by atoms with Gasteiger partial charge in [0.15, 0.2) is 0 Å². The number of carbonyl (C=O) groups is 1. The van der Waals surface area contributed by atoms with E-state index in [1.165, 1.54) is 0 Å². The number of benzene rings is 1. The maximum absolute atomic E-state index is 10.5. The van der Waals surface area contributed by atoms with Crippen LogP contribution in [-0.2, 0) is 4.79 Å². The molecule has 0 radical (unpaired) electrons. The first-order valence-corrected chi connectivity index (χ1v) is 5.60. The summed E-state index contributed by atoms with van der Waals surface area (Å²) in [5.41, 5.74) is 1.15. The molecule has 94 valence electrons. The van der Waals surface area contributed by atoms with Gasteiger partial charge in [-0.2, -0.15) is 0 Å². The van der Waals surface area contributed by atoms with Crippen LogP contribution >= 0.6 is 0 Å². The van der Waals surface area contributed by atoms with Gasteiger partial charge in [-0.25, -0.2) is 0 Å². The van der Waals surface area contributed by atoms with Gasteiger partial charge in [-0.05, 0) is 31.7 Å². The molecular weight excluding hydrogens is 218 g/mol. The molecule has 4 nitrogen and oxygen atoms in total. The molecule has 1 aromatic rings. The molecule has 0 fully saturated rings. The first-order chi connectivity index (χ1) is 8.04. The predicted octanol–water partition coefficient (Wildman–Crippen LogP) is 2.16. The average molecular weight is 237 g/mol. The van der Waals surface area contributed by atoms with Crippen LogP contribution in [0, 0.1) is 0 Å². The molecule has 0 saturated heterocycles. The minimum Gasteiger partial charge on any atom is -0.497 e. The Morgan fingerprint density at radius 1 is 1.41 bits per heavy atom. The quantitative estimate of drug-likeness (QED) is 0.823. The normalized spacial score (nSPS) is 12.5. The van der Waals surface area contributed by atoms with E-state index in [1.807, 2.05) is 36.2 Å². The third-order valence-electron chi connectivity index (χ3n) is 2.94. The van der Waals surface area contributed by atoms with Gasteiger partial charge in [-0.15, -0.1) is 0 Å². The number of aliphatic carboxylic acids is 1. The van der Waals surface area contributed by atoms with E-state index in [0.717, 1.165) is 11.3 Å². The molecule has 1 aromatic carbocycles. The van der Waals surface area contributed by atoms with Gasteiger partial charge in [0.05, 0.1) is 13.5 Å². The number of hydrogen-bond donors (Lipinski definition) is 1. The van der Waals surface area contributed by atoms with Crippen molar-refractivity contribution in [3.05, 3.63) is 29.8 Å². The topological polar surface area (TPSA) is 49.8 Å². The molecule has 1 atom stereocenters. The molecule has 0 saturated carbocycles. The highest BCUT2D eigenvalue weighted by Crippen LogP contribution is 2.21. The van der Waals surface area contributed by atoms with E-state index in [9.17, 15) is 4.79 Å². The Morgan fingerprint density at radius 3 is 2.47 bits per heavy atom. The van der Waals surface area contributed by atoms with Crippen LogP contribution in [0.3, 0.4) is 0 Å². The maximum Gasteiger partial charge on any atom is 0.304 e. The molecule has 1 unspecified atom stereocenters. The largest absolute Gasteiger partial charge is 0.497 e. The zero-order valence-electron chi connectivity index (χ0n) is 10.5. The standard InChI is InChI=1S/C13H19NO3/c1-10(14(2)9-8-13(15)16)11-4-6-12(17-3)7-5-11/h4-7,10H,8-9H2,1-3H3,(H,15,16). The van der Waals surface area contributed by atoms with Gasteiger partial charge in [-0.1, -0.05) is 12.1 Å². The van der Waals surface area contributed by atoms with E-state index in [2.05, 4.69) is 6.92 Å². The third kappa shape index (κ3) is 4.07. The smallest absolute Gasteiger partial charge is 0.304 e. The number of carboxylic acids is 1. The molecule has 0 aliphatic heterocycles. The van der Waals surface area contributed by atoms with Gasteiger partial charge in [0.25, 0.3) is 0 Å². The SMILES string of the molecule is COc1ccc(C(C)N(C)CCC(=O)O)cc1. The minimum atomic E-state index is -0.765. The molecule has 0 amide bonds. The highest BCUT2D eigenvalue weighted by atomic mass is 16.5. The van der Waals surface area contributed by atoms with E-state index in [4.69, 9.17) is 9.84 Å². The molecule has 0 aliphatic carbocycles. The fourth-order valence-electron chi connectivity index (χ4n) is 1.60. The molecule has 1 N–H and O–H groups in total. The summed E-state index contributed by atoms with van der Waals surface area (Å²) in [6.07, 6.45) is 0.164. The molecule has 1 rings (SSSR count). The van der Waals surface area contributed by atoms with Gasteiger partial charge < -0.3 is 9.84 Å². The van der Waals surface area contributed by atoms with Gasteiger partial charge in [0, 0.05) is 12.6 Å². The van der Waals surface area contributed by atoms with Crippen LogP contribution in [0.15, 0.2) is 24.3 Å². The van der Waals surface area contributed by atoms with Crippen molar-refractivity contribution in [2.75, 3.05) is 20.7 Å². The summed E-state index contributed by atoms with van der Waals surface area (Å²) in [6, 6.07) is 8.02. The van der Waals surface area contributed by atoms with Crippen molar-refractivity contribution in [3.63, 3.8) is 0 Å². The Bertz CT molecular complexity index is 361. The van der Waals surface area contributed by atoms with Gasteiger partial charge in [0.2, 0.25) is 0 Å². The highest BCUT2D eigenvalue weighted by molar-refractivity contribution is 5.66. The third-order valence-corrected chi connectivity index (χ3v) is 2.94. The second-order valence-corrected chi connectivity index (χ2v) is 4.07. The first-order valence-electron chi connectivity index (χ1n) is 5.60. The van der Waals surface area contributed by atoms with Crippen LogP contribution in [-0.4, -0.2) is 36.7 Å². The fourth-order valence-corrected chi connectivity index (χ4v) is 1.60. The summed E-state index contributed by atoms with van der Waals surface area (Å²) < 4.78 is 5.10. The Balaban J connectivity index is 2.60. The van der Waals surface area contributed by atoms with Crippen LogP contribution in [0.5, 0.6) is 5.75 Å². The van der Waals surface area contributed by atoms with E-state index in [1.54, 1.807) is 7.11 Å². The van der Waals surface area contributed by atoms with Crippen LogP contribution in [0.2, 0.25) is 0 Å². The van der Waals surface area contributed by atoms with Crippen molar-refractivity contribution in [1.29, 1.82) is 0 Å². The Hall–Kier alpha value is -1.55. The van der Waals surface area contributed by atoms with Gasteiger partial charge >= 0.3 is 5.97 Å². The molecule has 0 bridgehead atoms. The number of carboxylic acid groups (broad SMARTS) is 1. The zero-order valence-corrected chi connectivity index (χ0v) is 10.5. The fraction of sp³-hybridized carbons (Fsp3) is 0.462. The molecule has 0 heterocycles. The van der Waals surface area contributed by atoms with Gasteiger partial charge in [-0.3, -0.25) is 9.69 Å². The molecule has 0 aliphatic rings. The zero-order chi connectivity index (χ0) is 12.8. The predicted molar refractivity (Wildman–Crippen MR) is 66.3 cm³/mol. The number of ether oxygens (including phenoxy) is 1. The number of hydrogen-bond acceptors (Lipinski definition) is 3. The Kier molecular flexibility index (Phi) is 4.97. The molecule has 4 heteroatoms.